The van der Waals surface area contributed by atoms with E-state index in [9.17, 15) is 19.4 Å². The van der Waals surface area contributed by atoms with Gasteiger partial charge in [-0.25, -0.2) is 9.18 Å². The summed E-state index contributed by atoms with van der Waals surface area (Å²) < 4.78 is 20.5. The van der Waals surface area contributed by atoms with Crippen LogP contribution in [0.4, 0.5) is 10.2 Å². The predicted molar refractivity (Wildman–Crippen MR) is 65.6 cm³/mol. The van der Waals surface area contributed by atoms with E-state index in [-0.39, 0.29) is 5.82 Å². The number of aliphatic hydroxyl groups is 2. The highest BCUT2D eigenvalue weighted by Gasteiger charge is 2.87. The van der Waals surface area contributed by atoms with Gasteiger partial charge in [0.25, 0.3) is 0 Å². The summed E-state index contributed by atoms with van der Waals surface area (Å²) in [6.07, 6.45) is -3.96. The van der Waals surface area contributed by atoms with E-state index in [0.717, 1.165) is 4.57 Å². The zero-order valence-corrected chi connectivity index (χ0v) is 10.5. The van der Waals surface area contributed by atoms with E-state index in [1.54, 1.807) is 0 Å². The van der Waals surface area contributed by atoms with Gasteiger partial charge in [0.15, 0.2) is 18.0 Å². The number of ether oxygens (including phenoxy) is 1. The number of nitrogens with zero attached hydrogens (tertiary/aromatic N) is 5. The number of nitrogens with two attached hydrogens (primary N) is 1. The second-order valence-electron chi connectivity index (χ2n) is 4.96. The Balaban J connectivity index is 1.98. The first-order valence-corrected chi connectivity index (χ1v) is 5.96. The lowest BCUT2D eigenvalue weighted by Gasteiger charge is -2.21. The molecule has 21 heavy (non-hydrogen) atoms. The number of aromatic nitrogens is 2. The van der Waals surface area contributed by atoms with Crippen molar-refractivity contribution in [3.05, 3.63) is 33.2 Å². The van der Waals surface area contributed by atoms with Gasteiger partial charge in [-0.05, 0) is 11.6 Å². The average Bonchev–Trinajstić information content (AvgIpc) is 2.79. The maximum absolute atomic E-state index is 14.4. The summed E-state index contributed by atoms with van der Waals surface area (Å²) in [5.74, 6) is -0.0441. The van der Waals surface area contributed by atoms with Crippen LogP contribution in [0.3, 0.4) is 0 Å². The Kier molecular flexibility index (Phi) is 2.72. The molecule has 5 atom stereocenters. The Morgan fingerprint density at radius 1 is 1.71 bits per heavy atom. The fourth-order valence-corrected chi connectivity index (χ4v) is 2.73. The summed E-state index contributed by atoms with van der Waals surface area (Å²) >= 11 is 0. The van der Waals surface area contributed by atoms with Gasteiger partial charge in [-0.2, -0.15) is 4.98 Å². The summed E-state index contributed by atoms with van der Waals surface area (Å²) in [5.41, 5.74) is 8.80. The summed E-state index contributed by atoms with van der Waals surface area (Å²) in [4.78, 5) is 17.6. The fourth-order valence-electron chi connectivity index (χ4n) is 2.73. The van der Waals surface area contributed by atoms with Crippen molar-refractivity contribution in [2.75, 3.05) is 12.3 Å². The van der Waals surface area contributed by atoms with E-state index >= 15 is 0 Å². The Bertz CT molecular complexity index is 705. The number of aliphatic hydroxyl groups excluding tert-OH is 1. The molecule has 2 heterocycles. The van der Waals surface area contributed by atoms with Crippen molar-refractivity contribution in [3.8, 4) is 0 Å². The van der Waals surface area contributed by atoms with Crippen molar-refractivity contribution in [3.63, 3.8) is 0 Å². The number of hydrogen-bond acceptors (Lipinski definition) is 7. The van der Waals surface area contributed by atoms with E-state index in [4.69, 9.17) is 16.0 Å². The molecule has 2 aliphatic rings. The Morgan fingerprint density at radius 3 is 3.05 bits per heavy atom. The highest BCUT2D eigenvalue weighted by Crippen LogP contribution is 2.63. The normalized spacial score (nSPS) is 40.4. The second-order valence-corrected chi connectivity index (χ2v) is 4.96. The van der Waals surface area contributed by atoms with Crippen LogP contribution < -0.4 is 11.4 Å². The van der Waals surface area contributed by atoms with Crippen LogP contribution in [0.1, 0.15) is 6.23 Å². The van der Waals surface area contributed by atoms with Crippen LogP contribution in [0.5, 0.6) is 0 Å². The molecular weight excluding hydrogens is 287 g/mol. The zero-order chi connectivity index (χ0) is 15.4. The molecule has 0 bridgehead atoms. The van der Waals surface area contributed by atoms with Gasteiger partial charge in [0.05, 0.1) is 6.54 Å². The Hall–Kier alpha value is -2.20. The third kappa shape index (κ3) is 1.54. The molecule has 1 unspecified atom stereocenters. The largest absolute Gasteiger partial charge is 0.387 e. The molecule has 11 heteroatoms. The molecule has 1 aliphatic carbocycles. The first-order chi connectivity index (χ1) is 9.88. The molecule has 0 aromatic carbocycles. The first-order valence-electron chi connectivity index (χ1n) is 5.96. The van der Waals surface area contributed by atoms with Crippen molar-refractivity contribution in [2.24, 2.45) is 5.11 Å². The van der Waals surface area contributed by atoms with Crippen molar-refractivity contribution in [1.82, 2.24) is 9.55 Å². The van der Waals surface area contributed by atoms with Gasteiger partial charge in [0.1, 0.15) is 17.5 Å². The van der Waals surface area contributed by atoms with E-state index in [1.165, 1.54) is 12.3 Å². The number of hydrogen-bond donors (Lipinski definition) is 3. The summed E-state index contributed by atoms with van der Waals surface area (Å²) in [5, 5.41) is 23.1. The minimum atomic E-state index is -2.23. The van der Waals surface area contributed by atoms with Gasteiger partial charge in [-0.15, -0.1) is 0 Å². The number of alkyl halides is 1. The number of fused-ring (bicyclic) bond motifs is 1. The number of rotatable bonds is 3. The third-order valence-corrected chi connectivity index (χ3v) is 3.95. The molecule has 1 aromatic heterocycles. The van der Waals surface area contributed by atoms with Crippen molar-refractivity contribution < 1.29 is 19.3 Å². The first kappa shape index (κ1) is 13.8. The van der Waals surface area contributed by atoms with Crippen LogP contribution in [0, 0.1) is 0 Å². The SMILES string of the molecule is [N-]=[N+]=NC[C@]12O[C@@H](n3ccc(N)nc3=O)[C@H](F)[C@@]1(O)C2O. The molecule has 1 aliphatic heterocycles. The monoisotopic (exact) mass is 298 g/mol. The van der Waals surface area contributed by atoms with Crippen LogP contribution in [-0.2, 0) is 4.74 Å². The van der Waals surface area contributed by atoms with Gasteiger partial charge in [-0.1, -0.05) is 5.11 Å². The molecule has 4 N–H and O–H groups in total. The predicted octanol–water partition coefficient (Wildman–Crippen LogP) is -1.15. The van der Waals surface area contributed by atoms with Gasteiger partial charge < -0.3 is 20.7 Å². The molecule has 0 amide bonds. The maximum Gasteiger partial charge on any atom is 0.351 e. The lowest BCUT2D eigenvalue weighted by molar-refractivity contribution is -0.0903. The lowest BCUT2D eigenvalue weighted by Crippen LogP contribution is -2.38. The van der Waals surface area contributed by atoms with Crippen LogP contribution in [0.25, 0.3) is 10.4 Å². The number of azide groups is 1. The molecule has 112 valence electrons. The Morgan fingerprint density at radius 2 is 2.43 bits per heavy atom. The van der Waals surface area contributed by atoms with Crippen LogP contribution in [0.15, 0.2) is 22.2 Å². The van der Waals surface area contributed by atoms with Crippen LogP contribution in [-0.4, -0.2) is 49.8 Å². The lowest BCUT2D eigenvalue weighted by atomic mass is 10.1. The highest BCUT2D eigenvalue weighted by atomic mass is 19.1. The summed E-state index contributed by atoms with van der Waals surface area (Å²) in [7, 11) is 0. The standard InChI is InChI=1S/C10H11FN6O4/c11-5-6(17-2-1-4(12)15-8(17)19)21-9(3-14-16-13)7(18)10(5,9)20/h1-2,5-7,18,20H,3H2,(H2,12,15,19)/t5-,6+,7?,9+,10+/m0/s1. The van der Waals surface area contributed by atoms with Gasteiger partial charge in [0.2, 0.25) is 0 Å². The van der Waals surface area contributed by atoms with Crippen molar-refractivity contribution in [1.29, 1.82) is 0 Å². The summed E-state index contributed by atoms with van der Waals surface area (Å²) in [6.45, 7) is -0.463. The number of anilines is 1. The maximum atomic E-state index is 14.4. The van der Waals surface area contributed by atoms with E-state index < -0.39 is 41.9 Å². The fraction of sp³-hybridized carbons (Fsp3) is 0.600. The summed E-state index contributed by atoms with van der Waals surface area (Å²) in [6, 6.07) is 1.27. The van der Waals surface area contributed by atoms with Crippen molar-refractivity contribution in [2.45, 2.75) is 29.7 Å². The molecule has 10 nitrogen and oxygen atoms in total. The molecule has 0 radical (unpaired) electrons. The van der Waals surface area contributed by atoms with Gasteiger partial charge in [0, 0.05) is 11.1 Å². The molecule has 1 saturated carbocycles. The Labute approximate surface area is 116 Å². The number of halogens is 1. The van der Waals surface area contributed by atoms with E-state index in [1.807, 2.05) is 0 Å². The van der Waals surface area contributed by atoms with Crippen LogP contribution in [0.2, 0.25) is 0 Å². The van der Waals surface area contributed by atoms with E-state index in [2.05, 4.69) is 15.0 Å². The second kappa shape index (κ2) is 4.15. The molecule has 2 fully saturated rings. The van der Waals surface area contributed by atoms with E-state index in [0.29, 0.717) is 0 Å². The van der Waals surface area contributed by atoms with Crippen molar-refractivity contribution >= 4 is 5.82 Å². The zero-order valence-electron chi connectivity index (χ0n) is 10.5. The molecular formula is C10H11FN6O4. The smallest absolute Gasteiger partial charge is 0.351 e. The third-order valence-electron chi connectivity index (χ3n) is 3.95. The average molecular weight is 298 g/mol. The molecule has 1 saturated heterocycles. The topological polar surface area (TPSA) is 159 Å². The molecule has 0 spiro atoms. The van der Waals surface area contributed by atoms with Gasteiger partial charge in [-0.3, -0.25) is 4.57 Å². The molecule has 1 aromatic rings. The highest BCUT2D eigenvalue weighted by molar-refractivity contribution is 5.36. The van der Waals surface area contributed by atoms with Crippen LogP contribution >= 0.6 is 0 Å². The number of nitrogen functional groups attached to an aromatic ring is 1. The minimum absolute atomic E-state index is 0.0441. The molecule has 3 rings (SSSR count). The minimum Gasteiger partial charge on any atom is -0.387 e. The quantitative estimate of drug-likeness (QED) is 0.363. The van der Waals surface area contributed by atoms with Gasteiger partial charge >= 0.3 is 5.69 Å².